The van der Waals surface area contributed by atoms with Crippen LogP contribution < -0.4 is 14.5 Å². The molecule has 2 amide bonds. The van der Waals surface area contributed by atoms with Crippen molar-refractivity contribution in [2.24, 2.45) is 0 Å². The molecule has 0 saturated heterocycles. The minimum atomic E-state index is -0.679. The molecule has 0 atom stereocenters. The van der Waals surface area contributed by atoms with E-state index in [2.05, 4.69) is 0 Å². The van der Waals surface area contributed by atoms with Gasteiger partial charge in [0.15, 0.2) is 0 Å². The van der Waals surface area contributed by atoms with E-state index in [-0.39, 0.29) is 28.5 Å². The molecule has 4 rings (SSSR count). The number of benzene rings is 3. The highest BCUT2D eigenvalue weighted by atomic mass is 16.5. The van der Waals surface area contributed by atoms with Gasteiger partial charge in [0.05, 0.1) is 22.4 Å². The molecule has 1 heterocycles. The van der Waals surface area contributed by atoms with E-state index in [4.69, 9.17) is 4.74 Å². The minimum Gasteiger partial charge on any atom is -0.423 e. The summed E-state index contributed by atoms with van der Waals surface area (Å²) in [5.74, 6) is -1.05. The molecule has 6 nitrogen and oxygen atoms in total. The van der Waals surface area contributed by atoms with Crippen molar-refractivity contribution in [1.29, 1.82) is 0 Å². The van der Waals surface area contributed by atoms with Crippen molar-refractivity contribution in [3.8, 4) is 5.75 Å². The maximum absolute atomic E-state index is 13.8. The van der Waals surface area contributed by atoms with Gasteiger partial charge in [0.25, 0.3) is 11.8 Å². The molecular formula is C29H30N2O4. The van der Waals surface area contributed by atoms with E-state index in [1.807, 2.05) is 71.0 Å². The molecular weight excluding hydrogens is 440 g/mol. The lowest BCUT2D eigenvalue weighted by atomic mass is 9.92. The summed E-state index contributed by atoms with van der Waals surface area (Å²) in [5, 5.41) is 0. The molecule has 0 unspecified atom stereocenters. The fourth-order valence-electron chi connectivity index (χ4n) is 4.42. The van der Waals surface area contributed by atoms with Crippen LogP contribution in [0.4, 0.5) is 11.4 Å². The fourth-order valence-corrected chi connectivity index (χ4v) is 4.42. The Morgan fingerprint density at radius 2 is 1.43 bits per heavy atom. The molecule has 3 aromatic carbocycles. The average molecular weight is 471 g/mol. The summed E-state index contributed by atoms with van der Waals surface area (Å²) in [6, 6.07) is 17.7. The number of fused-ring (bicyclic) bond motifs is 1. The second kappa shape index (κ2) is 9.37. The van der Waals surface area contributed by atoms with Crippen LogP contribution in [-0.2, 0) is 0 Å². The van der Waals surface area contributed by atoms with E-state index in [9.17, 15) is 14.4 Å². The predicted octanol–water partition coefficient (Wildman–Crippen LogP) is 6.02. The summed E-state index contributed by atoms with van der Waals surface area (Å²) in [4.78, 5) is 43.6. The Balaban J connectivity index is 1.77. The van der Waals surface area contributed by atoms with Gasteiger partial charge in [0, 0.05) is 25.8 Å². The largest absolute Gasteiger partial charge is 0.423 e. The molecule has 0 aromatic heterocycles. The lowest BCUT2D eigenvalue weighted by Crippen LogP contribution is -2.32. The zero-order valence-electron chi connectivity index (χ0n) is 21.0. The van der Waals surface area contributed by atoms with Crippen molar-refractivity contribution in [2.45, 2.75) is 39.5 Å². The molecule has 1 aliphatic heterocycles. The van der Waals surface area contributed by atoms with E-state index in [0.717, 1.165) is 16.8 Å². The molecule has 3 aromatic rings. The number of carbonyl (C=O) groups is 3. The third-order valence-electron chi connectivity index (χ3n) is 6.25. The highest BCUT2D eigenvalue weighted by Crippen LogP contribution is 2.40. The lowest BCUT2D eigenvalue weighted by molar-refractivity contribution is 0.0729. The summed E-state index contributed by atoms with van der Waals surface area (Å²) >= 11 is 0. The number of ether oxygens (including phenoxy) is 1. The molecule has 35 heavy (non-hydrogen) atoms. The molecule has 0 saturated carbocycles. The van der Waals surface area contributed by atoms with Crippen molar-refractivity contribution < 1.29 is 19.1 Å². The van der Waals surface area contributed by atoms with Gasteiger partial charge in [-0.3, -0.25) is 9.59 Å². The maximum atomic E-state index is 13.8. The summed E-state index contributed by atoms with van der Waals surface area (Å²) < 4.78 is 5.62. The van der Waals surface area contributed by atoms with Crippen LogP contribution in [0.25, 0.3) is 0 Å². The van der Waals surface area contributed by atoms with Crippen LogP contribution in [0.5, 0.6) is 5.75 Å². The highest BCUT2D eigenvalue weighted by molar-refractivity contribution is 6.36. The number of esters is 1. The second-order valence-corrected chi connectivity index (χ2v) is 9.55. The first kappa shape index (κ1) is 24.2. The summed E-state index contributed by atoms with van der Waals surface area (Å²) in [7, 11) is 3.79. The number of hydrogen-bond donors (Lipinski definition) is 0. The Morgan fingerprint density at radius 3 is 2.03 bits per heavy atom. The Labute approximate surface area is 206 Å². The number of carbonyl (C=O) groups excluding carboxylic acids is 3. The molecule has 0 bridgehead atoms. The fraction of sp³-hybridized carbons (Fsp3) is 0.276. The highest BCUT2D eigenvalue weighted by Gasteiger charge is 2.42. The van der Waals surface area contributed by atoms with E-state index in [1.165, 1.54) is 11.0 Å². The third-order valence-corrected chi connectivity index (χ3v) is 6.25. The quantitative estimate of drug-likeness (QED) is 0.250. The summed E-state index contributed by atoms with van der Waals surface area (Å²) in [6.07, 6.45) is 0. The van der Waals surface area contributed by atoms with Gasteiger partial charge in [-0.1, -0.05) is 58.0 Å². The SMILES string of the molecule is CC(C)c1cccc(C(C)C)c1N1C(=O)c2cccc(C(=O)Oc3cccc(N(C)C)c3)c2C1=O. The number of anilines is 2. The van der Waals surface area contributed by atoms with Crippen molar-refractivity contribution in [2.75, 3.05) is 23.9 Å². The monoisotopic (exact) mass is 470 g/mol. The average Bonchev–Trinajstić information content (AvgIpc) is 3.08. The number of nitrogens with zero attached hydrogens (tertiary/aromatic N) is 2. The number of amides is 2. The van der Waals surface area contributed by atoms with Gasteiger partial charge in [-0.25, -0.2) is 9.69 Å². The molecule has 6 heteroatoms. The number of para-hydroxylation sites is 1. The van der Waals surface area contributed by atoms with E-state index in [0.29, 0.717) is 11.4 Å². The zero-order valence-corrected chi connectivity index (χ0v) is 21.0. The van der Waals surface area contributed by atoms with Crippen LogP contribution in [0, 0.1) is 0 Å². The first-order valence-electron chi connectivity index (χ1n) is 11.8. The van der Waals surface area contributed by atoms with Gasteiger partial charge in [-0.15, -0.1) is 0 Å². The Kier molecular flexibility index (Phi) is 6.48. The van der Waals surface area contributed by atoms with Crippen LogP contribution >= 0.6 is 0 Å². The van der Waals surface area contributed by atoms with E-state index in [1.54, 1.807) is 30.3 Å². The van der Waals surface area contributed by atoms with Crippen molar-refractivity contribution in [3.63, 3.8) is 0 Å². The topological polar surface area (TPSA) is 66.9 Å². The van der Waals surface area contributed by atoms with Crippen LogP contribution in [-0.4, -0.2) is 31.9 Å². The predicted molar refractivity (Wildman–Crippen MR) is 138 cm³/mol. The molecule has 1 aliphatic rings. The first-order valence-corrected chi connectivity index (χ1v) is 11.8. The van der Waals surface area contributed by atoms with Gasteiger partial charge in [-0.05, 0) is 47.2 Å². The Morgan fingerprint density at radius 1 is 0.829 bits per heavy atom. The van der Waals surface area contributed by atoms with Gasteiger partial charge in [0.1, 0.15) is 5.75 Å². The molecule has 0 radical (unpaired) electrons. The molecule has 0 aliphatic carbocycles. The van der Waals surface area contributed by atoms with Crippen LogP contribution in [0.2, 0.25) is 0 Å². The van der Waals surface area contributed by atoms with Crippen molar-refractivity contribution in [3.05, 3.63) is 88.5 Å². The van der Waals surface area contributed by atoms with Crippen molar-refractivity contribution >= 4 is 29.2 Å². The Hall–Kier alpha value is -3.93. The maximum Gasteiger partial charge on any atom is 0.344 e. The number of imide groups is 1. The van der Waals surface area contributed by atoms with Gasteiger partial charge in [-0.2, -0.15) is 0 Å². The lowest BCUT2D eigenvalue weighted by Gasteiger charge is -2.25. The molecule has 180 valence electrons. The second-order valence-electron chi connectivity index (χ2n) is 9.55. The zero-order chi connectivity index (χ0) is 25.4. The van der Waals surface area contributed by atoms with Gasteiger partial charge < -0.3 is 9.64 Å². The van der Waals surface area contributed by atoms with Gasteiger partial charge >= 0.3 is 5.97 Å². The molecule has 0 spiro atoms. The third kappa shape index (κ3) is 4.32. The van der Waals surface area contributed by atoms with E-state index >= 15 is 0 Å². The smallest absolute Gasteiger partial charge is 0.344 e. The van der Waals surface area contributed by atoms with Crippen LogP contribution in [0.15, 0.2) is 60.7 Å². The molecule has 0 N–H and O–H groups in total. The normalized spacial score (nSPS) is 13.0. The van der Waals surface area contributed by atoms with Crippen molar-refractivity contribution in [1.82, 2.24) is 0 Å². The first-order chi connectivity index (χ1) is 16.6. The number of hydrogen-bond acceptors (Lipinski definition) is 5. The van der Waals surface area contributed by atoms with Gasteiger partial charge in [0.2, 0.25) is 0 Å². The van der Waals surface area contributed by atoms with E-state index < -0.39 is 17.8 Å². The Bertz CT molecular complexity index is 1300. The van der Waals surface area contributed by atoms with Crippen LogP contribution in [0.3, 0.4) is 0 Å². The summed E-state index contributed by atoms with van der Waals surface area (Å²) in [5.41, 5.74) is 3.68. The van der Waals surface area contributed by atoms with Crippen LogP contribution in [0.1, 0.15) is 81.7 Å². The summed E-state index contributed by atoms with van der Waals surface area (Å²) in [6.45, 7) is 8.13. The standard InChI is InChI=1S/C29H30N2O4/c1-17(2)21-12-8-13-22(18(3)4)26(21)31-27(32)23-14-9-15-24(25(23)28(31)33)29(34)35-20-11-7-10-19(16-20)30(5)6/h7-18H,1-6H3. The molecule has 0 fully saturated rings. The minimum absolute atomic E-state index is 0.0757. The number of rotatable bonds is 6.